The van der Waals surface area contributed by atoms with Gasteiger partial charge in [0.05, 0.1) is 6.61 Å². The van der Waals surface area contributed by atoms with Crippen LogP contribution in [-0.2, 0) is 14.4 Å². The third kappa shape index (κ3) is 6.00. The normalized spacial score (nSPS) is 15.4. The van der Waals surface area contributed by atoms with Crippen LogP contribution in [0.2, 0.25) is 0 Å². The Balaban J connectivity index is 1.61. The average molecular weight is 440 g/mol. The molecular formula is C24H29N3O5. The minimum atomic E-state index is -0.847. The Labute approximate surface area is 187 Å². The van der Waals surface area contributed by atoms with Crippen LogP contribution in [0.4, 0.5) is 0 Å². The van der Waals surface area contributed by atoms with E-state index in [-0.39, 0.29) is 5.91 Å². The van der Waals surface area contributed by atoms with E-state index in [1.165, 1.54) is 0 Å². The molecule has 8 heteroatoms. The first-order chi connectivity index (χ1) is 15.5. The molecule has 1 aliphatic rings. The van der Waals surface area contributed by atoms with Gasteiger partial charge in [0.1, 0.15) is 17.5 Å². The van der Waals surface area contributed by atoms with Crippen molar-refractivity contribution >= 4 is 17.7 Å². The fourth-order valence-electron chi connectivity index (χ4n) is 3.54. The highest BCUT2D eigenvalue weighted by Gasteiger charge is 2.33. The first-order valence-electron chi connectivity index (χ1n) is 10.8. The molecule has 2 aromatic rings. The van der Waals surface area contributed by atoms with E-state index < -0.39 is 24.0 Å². The zero-order valence-electron chi connectivity index (χ0n) is 18.4. The SMILES string of the molecule is CCOc1ccc(OC(C)C(=O)NNC(=O)C(c2ccccc2)N2CCCCC2=O)cc1. The summed E-state index contributed by atoms with van der Waals surface area (Å²) in [4.78, 5) is 39.5. The number of nitrogens with zero attached hydrogens (tertiary/aromatic N) is 1. The number of piperidine rings is 1. The summed E-state index contributed by atoms with van der Waals surface area (Å²) in [6.45, 7) is 4.54. The molecule has 32 heavy (non-hydrogen) atoms. The number of nitrogens with one attached hydrogen (secondary N) is 2. The lowest BCUT2D eigenvalue weighted by Gasteiger charge is -2.34. The number of hydrazine groups is 1. The van der Waals surface area contributed by atoms with E-state index in [2.05, 4.69) is 10.9 Å². The molecule has 2 atom stereocenters. The van der Waals surface area contributed by atoms with Crippen LogP contribution in [0.25, 0.3) is 0 Å². The van der Waals surface area contributed by atoms with Gasteiger partial charge >= 0.3 is 0 Å². The van der Waals surface area contributed by atoms with Crippen LogP contribution < -0.4 is 20.3 Å². The molecule has 2 aromatic carbocycles. The zero-order valence-corrected chi connectivity index (χ0v) is 18.4. The van der Waals surface area contributed by atoms with Gasteiger partial charge in [-0.15, -0.1) is 0 Å². The van der Waals surface area contributed by atoms with Crippen molar-refractivity contribution < 1.29 is 23.9 Å². The monoisotopic (exact) mass is 439 g/mol. The fraction of sp³-hybridized carbons (Fsp3) is 0.375. The highest BCUT2D eigenvalue weighted by Crippen LogP contribution is 2.25. The van der Waals surface area contributed by atoms with Crippen LogP contribution in [0.1, 0.15) is 44.7 Å². The predicted octanol–water partition coefficient (Wildman–Crippen LogP) is 2.75. The molecule has 1 fully saturated rings. The van der Waals surface area contributed by atoms with E-state index in [0.29, 0.717) is 36.6 Å². The maximum absolute atomic E-state index is 13.0. The van der Waals surface area contributed by atoms with Gasteiger partial charge in [-0.3, -0.25) is 25.2 Å². The summed E-state index contributed by atoms with van der Waals surface area (Å²) in [5.41, 5.74) is 5.56. The molecule has 0 bridgehead atoms. The van der Waals surface area contributed by atoms with Crippen LogP contribution in [-0.4, -0.2) is 41.9 Å². The second kappa shape index (κ2) is 11.2. The number of carbonyl (C=O) groups is 3. The lowest BCUT2D eigenvalue weighted by atomic mass is 10.0. The summed E-state index contributed by atoms with van der Waals surface area (Å²) in [5, 5.41) is 0. The molecule has 3 amide bonds. The Morgan fingerprint density at radius 2 is 1.62 bits per heavy atom. The molecule has 1 heterocycles. The number of hydrogen-bond acceptors (Lipinski definition) is 5. The summed E-state index contributed by atoms with van der Waals surface area (Å²) in [6, 6.07) is 15.2. The van der Waals surface area contributed by atoms with Gasteiger partial charge < -0.3 is 14.4 Å². The van der Waals surface area contributed by atoms with Crippen molar-refractivity contribution in [3.8, 4) is 11.5 Å². The van der Waals surface area contributed by atoms with Crippen molar-refractivity contribution in [3.63, 3.8) is 0 Å². The molecule has 0 saturated carbocycles. The summed E-state index contributed by atoms with van der Waals surface area (Å²) in [6.07, 6.45) is 1.22. The third-order valence-corrected chi connectivity index (χ3v) is 5.16. The molecule has 2 N–H and O–H groups in total. The highest BCUT2D eigenvalue weighted by atomic mass is 16.5. The second-order valence-corrected chi connectivity index (χ2v) is 7.50. The Morgan fingerprint density at radius 1 is 0.969 bits per heavy atom. The van der Waals surface area contributed by atoms with E-state index in [9.17, 15) is 14.4 Å². The average Bonchev–Trinajstić information content (AvgIpc) is 2.81. The first-order valence-corrected chi connectivity index (χ1v) is 10.8. The maximum Gasteiger partial charge on any atom is 0.279 e. The van der Waals surface area contributed by atoms with Crippen LogP contribution in [0.15, 0.2) is 54.6 Å². The van der Waals surface area contributed by atoms with Gasteiger partial charge in [-0.2, -0.15) is 0 Å². The lowest BCUT2D eigenvalue weighted by Crippen LogP contribution is -2.52. The van der Waals surface area contributed by atoms with Crippen molar-refractivity contribution in [2.75, 3.05) is 13.2 Å². The van der Waals surface area contributed by atoms with E-state index in [1.807, 2.05) is 25.1 Å². The molecule has 0 aromatic heterocycles. The van der Waals surface area contributed by atoms with Gasteiger partial charge in [-0.05, 0) is 56.5 Å². The maximum atomic E-state index is 13.0. The molecule has 170 valence electrons. The molecule has 1 aliphatic heterocycles. The van der Waals surface area contributed by atoms with E-state index >= 15 is 0 Å². The number of ether oxygens (including phenoxy) is 2. The van der Waals surface area contributed by atoms with Crippen molar-refractivity contribution in [1.82, 2.24) is 15.8 Å². The van der Waals surface area contributed by atoms with Crippen molar-refractivity contribution in [1.29, 1.82) is 0 Å². The number of hydrogen-bond donors (Lipinski definition) is 2. The highest BCUT2D eigenvalue weighted by molar-refractivity contribution is 5.91. The molecule has 1 saturated heterocycles. The number of rotatable bonds is 8. The molecular weight excluding hydrogens is 410 g/mol. The second-order valence-electron chi connectivity index (χ2n) is 7.50. The van der Waals surface area contributed by atoms with Gasteiger partial charge in [0.25, 0.3) is 11.8 Å². The minimum absolute atomic E-state index is 0.0706. The fourth-order valence-corrected chi connectivity index (χ4v) is 3.54. The summed E-state index contributed by atoms with van der Waals surface area (Å²) >= 11 is 0. The quantitative estimate of drug-likeness (QED) is 0.617. The number of amides is 3. The molecule has 2 unspecified atom stereocenters. The summed E-state index contributed by atoms with van der Waals surface area (Å²) in [5.74, 6) is 0.155. The van der Waals surface area contributed by atoms with Crippen LogP contribution in [0.5, 0.6) is 11.5 Å². The first kappa shape index (κ1) is 23.1. The summed E-state index contributed by atoms with van der Waals surface area (Å²) < 4.78 is 11.0. The number of likely N-dealkylation sites (tertiary alicyclic amines) is 1. The van der Waals surface area contributed by atoms with E-state index in [0.717, 1.165) is 12.8 Å². The van der Waals surface area contributed by atoms with E-state index in [1.54, 1.807) is 48.2 Å². The van der Waals surface area contributed by atoms with Crippen LogP contribution in [0, 0.1) is 0 Å². The third-order valence-electron chi connectivity index (χ3n) is 5.16. The molecule has 0 aliphatic carbocycles. The molecule has 8 nitrogen and oxygen atoms in total. The largest absolute Gasteiger partial charge is 0.494 e. The summed E-state index contributed by atoms with van der Waals surface area (Å²) in [7, 11) is 0. The predicted molar refractivity (Wildman–Crippen MR) is 119 cm³/mol. The van der Waals surface area contributed by atoms with Crippen molar-refractivity contribution in [3.05, 3.63) is 60.2 Å². The van der Waals surface area contributed by atoms with Crippen LogP contribution >= 0.6 is 0 Å². The van der Waals surface area contributed by atoms with Gasteiger partial charge in [-0.1, -0.05) is 30.3 Å². The Morgan fingerprint density at radius 3 is 2.28 bits per heavy atom. The van der Waals surface area contributed by atoms with Gasteiger partial charge in [0.2, 0.25) is 5.91 Å². The number of benzene rings is 2. The Hall–Kier alpha value is -3.55. The zero-order chi connectivity index (χ0) is 22.9. The smallest absolute Gasteiger partial charge is 0.279 e. The van der Waals surface area contributed by atoms with Crippen molar-refractivity contribution in [2.45, 2.75) is 45.3 Å². The minimum Gasteiger partial charge on any atom is -0.494 e. The molecule has 0 radical (unpaired) electrons. The molecule has 3 rings (SSSR count). The lowest BCUT2D eigenvalue weighted by molar-refractivity contribution is -0.144. The Kier molecular flexibility index (Phi) is 8.08. The van der Waals surface area contributed by atoms with Gasteiger partial charge in [0.15, 0.2) is 6.10 Å². The van der Waals surface area contributed by atoms with Gasteiger partial charge in [0, 0.05) is 13.0 Å². The number of carbonyl (C=O) groups excluding carboxylic acids is 3. The van der Waals surface area contributed by atoms with E-state index in [4.69, 9.17) is 9.47 Å². The van der Waals surface area contributed by atoms with Gasteiger partial charge in [-0.25, -0.2) is 0 Å². The van der Waals surface area contributed by atoms with Crippen LogP contribution in [0.3, 0.4) is 0 Å². The standard InChI is InChI=1S/C24H29N3O5/c1-3-31-19-12-14-20(15-13-19)32-17(2)23(29)25-26-24(30)22(18-9-5-4-6-10-18)27-16-8-7-11-21(27)28/h4-6,9-10,12-15,17,22H,3,7-8,11,16H2,1-2H3,(H,25,29)(H,26,30). The Bertz CT molecular complexity index is 917. The topological polar surface area (TPSA) is 97.0 Å². The van der Waals surface area contributed by atoms with Crippen molar-refractivity contribution in [2.24, 2.45) is 0 Å². The molecule has 0 spiro atoms.